The van der Waals surface area contributed by atoms with Gasteiger partial charge in [-0.15, -0.1) is 0 Å². The van der Waals surface area contributed by atoms with E-state index in [1.54, 1.807) is 12.1 Å². The van der Waals surface area contributed by atoms with Crippen molar-refractivity contribution in [1.29, 1.82) is 0 Å². The van der Waals surface area contributed by atoms with Crippen LogP contribution in [-0.4, -0.2) is 32.3 Å². The van der Waals surface area contributed by atoms with Crippen molar-refractivity contribution in [2.24, 2.45) is 0 Å². The quantitative estimate of drug-likeness (QED) is 0.488. The molecule has 0 aliphatic carbocycles. The lowest BCUT2D eigenvalue weighted by atomic mass is 10.1. The van der Waals surface area contributed by atoms with E-state index in [9.17, 15) is 4.79 Å². The van der Waals surface area contributed by atoms with Gasteiger partial charge in [-0.05, 0) is 63.6 Å². The summed E-state index contributed by atoms with van der Waals surface area (Å²) in [6.45, 7) is 9.85. The highest BCUT2D eigenvalue weighted by Gasteiger charge is 2.18. The van der Waals surface area contributed by atoms with Crippen molar-refractivity contribution in [1.82, 2.24) is 0 Å². The number of nitrogens with one attached hydrogen (secondary N) is 1. The van der Waals surface area contributed by atoms with E-state index < -0.39 is 0 Å². The fraction of sp³-hybridized carbons (Fsp3) is 0.435. The third kappa shape index (κ3) is 6.59. The zero-order valence-corrected chi connectivity index (χ0v) is 17.7. The summed E-state index contributed by atoms with van der Waals surface area (Å²) < 4.78 is 22.7. The molecule has 158 valence electrons. The van der Waals surface area contributed by atoms with Gasteiger partial charge in [0, 0.05) is 11.3 Å². The number of benzene rings is 2. The van der Waals surface area contributed by atoms with Crippen LogP contribution in [0.15, 0.2) is 36.4 Å². The lowest BCUT2D eigenvalue weighted by molar-refractivity contribution is 0.102. The predicted octanol–water partition coefficient (Wildman–Crippen LogP) is 5.31. The van der Waals surface area contributed by atoms with Crippen molar-refractivity contribution in [3.8, 4) is 23.0 Å². The second kappa shape index (κ2) is 11.8. The van der Waals surface area contributed by atoms with Crippen LogP contribution >= 0.6 is 0 Å². The topological polar surface area (TPSA) is 66.0 Å². The largest absolute Gasteiger partial charge is 0.494 e. The molecule has 0 spiro atoms. The van der Waals surface area contributed by atoms with Gasteiger partial charge in [-0.2, -0.15) is 0 Å². The molecule has 0 aliphatic heterocycles. The van der Waals surface area contributed by atoms with E-state index in [2.05, 4.69) is 12.2 Å². The van der Waals surface area contributed by atoms with E-state index in [1.165, 1.54) is 0 Å². The van der Waals surface area contributed by atoms with Gasteiger partial charge in [0.2, 0.25) is 5.75 Å². The summed E-state index contributed by atoms with van der Waals surface area (Å²) in [6.07, 6.45) is 2.10. The molecule has 0 radical (unpaired) electrons. The summed E-state index contributed by atoms with van der Waals surface area (Å²) in [4.78, 5) is 12.8. The standard InChI is InChI=1S/C23H31NO5/c1-5-9-14-29-19-12-10-18(11-13-19)24-23(25)17-15-20(26-6-2)22(28-8-4)21(16-17)27-7-3/h10-13,15-16H,5-9,14H2,1-4H3,(H,24,25). The maximum atomic E-state index is 12.8. The molecule has 6 heteroatoms. The van der Waals surface area contributed by atoms with Crippen molar-refractivity contribution in [2.45, 2.75) is 40.5 Å². The molecule has 6 nitrogen and oxygen atoms in total. The van der Waals surface area contributed by atoms with E-state index in [-0.39, 0.29) is 5.91 Å². The minimum Gasteiger partial charge on any atom is -0.494 e. The number of carbonyl (C=O) groups excluding carboxylic acids is 1. The molecule has 0 fully saturated rings. The molecule has 2 rings (SSSR count). The zero-order chi connectivity index (χ0) is 21.1. The first kappa shape index (κ1) is 22.4. The second-order valence-electron chi connectivity index (χ2n) is 6.28. The highest BCUT2D eigenvalue weighted by Crippen LogP contribution is 2.39. The van der Waals surface area contributed by atoms with Gasteiger partial charge < -0.3 is 24.3 Å². The monoisotopic (exact) mass is 401 g/mol. The highest BCUT2D eigenvalue weighted by molar-refractivity contribution is 6.05. The van der Waals surface area contributed by atoms with E-state index in [0.717, 1.165) is 18.6 Å². The third-order valence-corrected chi connectivity index (χ3v) is 4.05. The average Bonchev–Trinajstić information content (AvgIpc) is 2.72. The molecule has 0 bridgehead atoms. The van der Waals surface area contributed by atoms with Gasteiger partial charge >= 0.3 is 0 Å². The minimum absolute atomic E-state index is 0.255. The molecule has 2 aromatic carbocycles. The van der Waals surface area contributed by atoms with E-state index in [0.29, 0.717) is 54.9 Å². The van der Waals surface area contributed by atoms with Crippen LogP contribution in [-0.2, 0) is 0 Å². The predicted molar refractivity (Wildman–Crippen MR) is 115 cm³/mol. The van der Waals surface area contributed by atoms with Gasteiger partial charge in [-0.3, -0.25) is 4.79 Å². The molecule has 1 amide bonds. The maximum Gasteiger partial charge on any atom is 0.255 e. The van der Waals surface area contributed by atoms with Gasteiger partial charge in [0.05, 0.1) is 26.4 Å². The number of carbonyl (C=O) groups is 1. The maximum absolute atomic E-state index is 12.8. The van der Waals surface area contributed by atoms with E-state index in [1.807, 2.05) is 45.0 Å². The molecule has 1 N–H and O–H groups in total. The van der Waals surface area contributed by atoms with Crippen LogP contribution in [0.4, 0.5) is 5.69 Å². The van der Waals surface area contributed by atoms with Gasteiger partial charge in [0.15, 0.2) is 11.5 Å². The summed E-state index contributed by atoms with van der Waals surface area (Å²) in [5.74, 6) is 2.03. The first-order valence-electron chi connectivity index (χ1n) is 10.2. The number of rotatable bonds is 12. The van der Waals surface area contributed by atoms with Gasteiger partial charge in [0.25, 0.3) is 5.91 Å². The Morgan fingerprint density at radius 3 is 1.93 bits per heavy atom. The van der Waals surface area contributed by atoms with Crippen molar-refractivity contribution in [3.63, 3.8) is 0 Å². The molecule has 0 saturated carbocycles. The average molecular weight is 402 g/mol. The van der Waals surface area contributed by atoms with Crippen LogP contribution in [0.1, 0.15) is 50.9 Å². The minimum atomic E-state index is -0.255. The van der Waals surface area contributed by atoms with Gasteiger partial charge in [-0.25, -0.2) is 0 Å². The lowest BCUT2D eigenvalue weighted by Crippen LogP contribution is -2.13. The van der Waals surface area contributed by atoms with Crippen molar-refractivity contribution < 1.29 is 23.7 Å². The molecule has 0 heterocycles. The van der Waals surface area contributed by atoms with E-state index in [4.69, 9.17) is 18.9 Å². The smallest absolute Gasteiger partial charge is 0.255 e. The zero-order valence-electron chi connectivity index (χ0n) is 17.7. The number of unbranched alkanes of at least 4 members (excludes halogenated alkanes) is 1. The van der Waals surface area contributed by atoms with Gasteiger partial charge in [-0.1, -0.05) is 13.3 Å². The lowest BCUT2D eigenvalue weighted by Gasteiger charge is -2.17. The van der Waals surface area contributed by atoms with Crippen molar-refractivity contribution in [3.05, 3.63) is 42.0 Å². The van der Waals surface area contributed by atoms with Crippen molar-refractivity contribution in [2.75, 3.05) is 31.7 Å². The van der Waals surface area contributed by atoms with Crippen LogP contribution in [0.25, 0.3) is 0 Å². The Balaban J connectivity index is 2.18. The molecule has 0 atom stereocenters. The number of hydrogen-bond acceptors (Lipinski definition) is 5. The molecule has 29 heavy (non-hydrogen) atoms. The summed E-state index contributed by atoms with van der Waals surface area (Å²) in [5, 5.41) is 2.90. The number of anilines is 1. The van der Waals surface area contributed by atoms with E-state index >= 15 is 0 Å². The Labute approximate surface area is 173 Å². The molecule has 0 aliphatic rings. The summed E-state index contributed by atoms with van der Waals surface area (Å²) >= 11 is 0. The SMILES string of the molecule is CCCCOc1ccc(NC(=O)c2cc(OCC)c(OCC)c(OCC)c2)cc1. The molecular formula is C23H31NO5. The molecule has 0 aromatic heterocycles. The van der Waals surface area contributed by atoms with Crippen LogP contribution < -0.4 is 24.3 Å². The molecule has 2 aromatic rings. The molecule has 0 saturated heterocycles. The number of ether oxygens (including phenoxy) is 4. The van der Waals surface area contributed by atoms with Crippen LogP contribution in [0.3, 0.4) is 0 Å². The third-order valence-electron chi connectivity index (χ3n) is 4.05. The highest BCUT2D eigenvalue weighted by atomic mass is 16.5. The van der Waals surface area contributed by atoms with Crippen LogP contribution in [0, 0.1) is 0 Å². The fourth-order valence-electron chi connectivity index (χ4n) is 2.69. The Kier molecular flexibility index (Phi) is 9.15. The fourth-order valence-corrected chi connectivity index (χ4v) is 2.69. The first-order chi connectivity index (χ1) is 14.1. The summed E-state index contributed by atoms with van der Waals surface area (Å²) in [7, 11) is 0. The molecule has 0 unspecified atom stereocenters. The Hall–Kier alpha value is -2.89. The first-order valence-corrected chi connectivity index (χ1v) is 10.2. The van der Waals surface area contributed by atoms with Crippen LogP contribution in [0.5, 0.6) is 23.0 Å². The summed E-state index contributed by atoms with van der Waals surface area (Å²) in [5.41, 5.74) is 1.12. The Bertz CT molecular complexity index is 746. The van der Waals surface area contributed by atoms with Crippen LogP contribution in [0.2, 0.25) is 0 Å². The Morgan fingerprint density at radius 2 is 1.41 bits per heavy atom. The number of hydrogen-bond donors (Lipinski definition) is 1. The van der Waals surface area contributed by atoms with Gasteiger partial charge in [0.1, 0.15) is 5.75 Å². The second-order valence-corrected chi connectivity index (χ2v) is 6.28. The number of amides is 1. The summed E-state index contributed by atoms with van der Waals surface area (Å²) in [6, 6.07) is 10.7. The molecular weight excluding hydrogens is 370 g/mol. The Morgan fingerprint density at radius 1 is 0.828 bits per heavy atom. The van der Waals surface area contributed by atoms with Crippen molar-refractivity contribution >= 4 is 11.6 Å². The normalized spacial score (nSPS) is 10.3.